The van der Waals surface area contributed by atoms with Gasteiger partial charge in [-0.2, -0.15) is 0 Å². The van der Waals surface area contributed by atoms with Crippen LogP contribution in [-0.4, -0.2) is 16.1 Å². The van der Waals surface area contributed by atoms with Gasteiger partial charge in [0.05, 0.1) is 0 Å². The lowest BCUT2D eigenvalue weighted by Gasteiger charge is -1.89. The predicted octanol–water partition coefficient (Wildman–Crippen LogP) is 1.59. The van der Waals surface area contributed by atoms with Gasteiger partial charge in [0.25, 0.3) is 0 Å². The van der Waals surface area contributed by atoms with Gasteiger partial charge in [0.1, 0.15) is 5.69 Å². The third-order valence-electron chi connectivity index (χ3n) is 1.96. The van der Waals surface area contributed by atoms with Gasteiger partial charge in [-0.1, -0.05) is 0 Å². The normalized spacial score (nSPS) is 16.7. The molecule has 3 heteroatoms. The van der Waals surface area contributed by atoms with Crippen LogP contribution >= 0.6 is 0 Å². The molecule has 0 bridgehead atoms. The van der Waals surface area contributed by atoms with E-state index >= 15 is 0 Å². The van der Waals surface area contributed by atoms with Crippen molar-refractivity contribution in [2.45, 2.75) is 18.8 Å². The van der Waals surface area contributed by atoms with Gasteiger partial charge in [-0.15, -0.1) is 0 Å². The zero-order chi connectivity index (χ0) is 7.84. The molecule has 0 aromatic carbocycles. The van der Waals surface area contributed by atoms with E-state index in [4.69, 9.17) is 5.11 Å². The SMILES string of the molecule is O=C(O)c1ccc(C2CC2)[nH]1. The number of carboxylic acid groups (broad SMARTS) is 1. The number of carboxylic acids is 1. The molecule has 1 heterocycles. The summed E-state index contributed by atoms with van der Waals surface area (Å²) in [5.74, 6) is -0.278. The first kappa shape index (κ1) is 6.46. The summed E-state index contributed by atoms with van der Waals surface area (Å²) >= 11 is 0. The highest BCUT2D eigenvalue weighted by atomic mass is 16.4. The highest BCUT2D eigenvalue weighted by Gasteiger charge is 2.25. The molecule has 0 amide bonds. The Kier molecular flexibility index (Phi) is 1.24. The molecule has 1 aromatic heterocycles. The Hall–Kier alpha value is -1.25. The summed E-state index contributed by atoms with van der Waals surface area (Å²) in [5, 5.41) is 8.57. The minimum absolute atomic E-state index is 0.298. The molecule has 11 heavy (non-hydrogen) atoms. The minimum atomic E-state index is -0.878. The molecule has 1 aliphatic rings. The number of aromatic carboxylic acids is 1. The van der Waals surface area contributed by atoms with Crippen LogP contribution in [0.2, 0.25) is 0 Å². The summed E-state index contributed by atoms with van der Waals surface area (Å²) in [6.07, 6.45) is 2.39. The highest BCUT2D eigenvalue weighted by molar-refractivity contribution is 5.85. The molecule has 1 saturated carbocycles. The minimum Gasteiger partial charge on any atom is -0.477 e. The Morgan fingerprint density at radius 1 is 1.55 bits per heavy atom. The van der Waals surface area contributed by atoms with Crippen molar-refractivity contribution in [3.8, 4) is 0 Å². The molecule has 2 N–H and O–H groups in total. The zero-order valence-electron chi connectivity index (χ0n) is 6.00. The molecule has 0 aliphatic heterocycles. The van der Waals surface area contributed by atoms with Gasteiger partial charge in [0, 0.05) is 5.69 Å². The van der Waals surface area contributed by atoms with E-state index in [0.717, 1.165) is 5.69 Å². The molecular formula is C8H9NO2. The zero-order valence-corrected chi connectivity index (χ0v) is 6.00. The number of hydrogen-bond donors (Lipinski definition) is 2. The fraction of sp³-hybridized carbons (Fsp3) is 0.375. The van der Waals surface area contributed by atoms with Crippen molar-refractivity contribution >= 4 is 5.97 Å². The van der Waals surface area contributed by atoms with E-state index in [1.54, 1.807) is 6.07 Å². The number of aromatic nitrogens is 1. The monoisotopic (exact) mass is 151 g/mol. The van der Waals surface area contributed by atoms with Crippen LogP contribution in [-0.2, 0) is 0 Å². The topological polar surface area (TPSA) is 53.1 Å². The summed E-state index contributed by atoms with van der Waals surface area (Å²) in [6.45, 7) is 0. The second kappa shape index (κ2) is 2.12. The number of hydrogen-bond acceptors (Lipinski definition) is 1. The van der Waals surface area contributed by atoms with Crippen LogP contribution < -0.4 is 0 Å². The van der Waals surface area contributed by atoms with E-state index in [2.05, 4.69) is 4.98 Å². The van der Waals surface area contributed by atoms with Crippen LogP contribution in [0.15, 0.2) is 12.1 Å². The summed E-state index contributed by atoms with van der Waals surface area (Å²) in [5.41, 5.74) is 1.37. The highest BCUT2D eigenvalue weighted by Crippen LogP contribution is 2.39. The number of nitrogens with one attached hydrogen (secondary N) is 1. The van der Waals surface area contributed by atoms with Crippen molar-refractivity contribution in [2.75, 3.05) is 0 Å². The standard InChI is InChI=1S/C8H9NO2/c10-8(11)7-4-3-6(9-7)5-1-2-5/h3-5,9H,1-2H2,(H,10,11). The first-order valence-corrected chi connectivity index (χ1v) is 3.69. The van der Waals surface area contributed by atoms with Crippen molar-refractivity contribution in [1.29, 1.82) is 0 Å². The van der Waals surface area contributed by atoms with Gasteiger partial charge >= 0.3 is 5.97 Å². The van der Waals surface area contributed by atoms with Crippen LogP contribution in [0, 0.1) is 0 Å². The van der Waals surface area contributed by atoms with Gasteiger partial charge < -0.3 is 10.1 Å². The fourth-order valence-corrected chi connectivity index (χ4v) is 1.17. The molecular weight excluding hydrogens is 142 g/mol. The van der Waals surface area contributed by atoms with Gasteiger partial charge in [0.15, 0.2) is 0 Å². The molecule has 58 valence electrons. The summed E-state index contributed by atoms with van der Waals surface area (Å²) in [6, 6.07) is 3.48. The van der Waals surface area contributed by atoms with Crippen LogP contribution in [0.3, 0.4) is 0 Å². The van der Waals surface area contributed by atoms with E-state index in [1.807, 2.05) is 6.07 Å². The lowest BCUT2D eigenvalue weighted by Crippen LogP contribution is -1.95. The molecule has 1 fully saturated rings. The van der Waals surface area contributed by atoms with Crippen molar-refractivity contribution in [3.63, 3.8) is 0 Å². The average molecular weight is 151 g/mol. The van der Waals surface area contributed by atoms with E-state index in [9.17, 15) is 4.79 Å². The second-order valence-corrected chi connectivity index (χ2v) is 2.91. The lowest BCUT2D eigenvalue weighted by molar-refractivity contribution is 0.0691. The lowest BCUT2D eigenvalue weighted by atomic mass is 10.3. The van der Waals surface area contributed by atoms with E-state index < -0.39 is 5.97 Å². The quantitative estimate of drug-likeness (QED) is 0.674. The summed E-state index contributed by atoms with van der Waals surface area (Å²) in [7, 11) is 0. The third kappa shape index (κ3) is 1.13. The smallest absolute Gasteiger partial charge is 0.352 e. The maximum absolute atomic E-state index is 10.4. The maximum Gasteiger partial charge on any atom is 0.352 e. The molecule has 0 atom stereocenters. The van der Waals surface area contributed by atoms with Crippen molar-refractivity contribution in [1.82, 2.24) is 4.98 Å². The van der Waals surface area contributed by atoms with Gasteiger partial charge in [-0.25, -0.2) is 4.79 Å². The number of aromatic amines is 1. The second-order valence-electron chi connectivity index (χ2n) is 2.91. The number of carbonyl (C=O) groups is 1. The van der Waals surface area contributed by atoms with Crippen molar-refractivity contribution in [2.24, 2.45) is 0 Å². The molecule has 0 spiro atoms. The van der Waals surface area contributed by atoms with Gasteiger partial charge in [0.2, 0.25) is 0 Å². The fourth-order valence-electron chi connectivity index (χ4n) is 1.17. The maximum atomic E-state index is 10.4. The molecule has 2 rings (SSSR count). The molecule has 0 radical (unpaired) electrons. The Morgan fingerprint density at radius 2 is 2.27 bits per heavy atom. The Labute approximate surface area is 64.1 Å². The van der Waals surface area contributed by atoms with E-state index in [-0.39, 0.29) is 0 Å². The van der Waals surface area contributed by atoms with Crippen LogP contribution in [0.1, 0.15) is 34.9 Å². The van der Waals surface area contributed by atoms with Crippen LogP contribution in [0.5, 0.6) is 0 Å². The average Bonchev–Trinajstić information content (AvgIpc) is 2.68. The molecule has 3 nitrogen and oxygen atoms in total. The van der Waals surface area contributed by atoms with E-state index in [1.165, 1.54) is 12.8 Å². The Bertz CT molecular complexity index is 286. The molecule has 1 aliphatic carbocycles. The number of H-pyrrole nitrogens is 1. The van der Waals surface area contributed by atoms with Crippen LogP contribution in [0.4, 0.5) is 0 Å². The van der Waals surface area contributed by atoms with E-state index in [0.29, 0.717) is 11.6 Å². The first-order chi connectivity index (χ1) is 5.27. The molecule has 1 aromatic rings. The first-order valence-electron chi connectivity index (χ1n) is 3.69. The molecule has 0 unspecified atom stereocenters. The Balaban J connectivity index is 2.25. The predicted molar refractivity (Wildman–Crippen MR) is 39.7 cm³/mol. The summed E-state index contributed by atoms with van der Waals surface area (Å²) in [4.78, 5) is 13.3. The third-order valence-corrected chi connectivity index (χ3v) is 1.96. The number of rotatable bonds is 2. The van der Waals surface area contributed by atoms with Crippen molar-refractivity contribution in [3.05, 3.63) is 23.5 Å². The van der Waals surface area contributed by atoms with Gasteiger partial charge in [-0.3, -0.25) is 0 Å². The summed E-state index contributed by atoms with van der Waals surface area (Å²) < 4.78 is 0. The Morgan fingerprint density at radius 3 is 2.73 bits per heavy atom. The van der Waals surface area contributed by atoms with Crippen LogP contribution in [0.25, 0.3) is 0 Å². The van der Waals surface area contributed by atoms with Crippen molar-refractivity contribution < 1.29 is 9.90 Å². The largest absolute Gasteiger partial charge is 0.477 e. The van der Waals surface area contributed by atoms with Gasteiger partial charge in [-0.05, 0) is 30.9 Å². The molecule has 0 saturated heterocycles.